The maximum Gasteiger partial charge on any atom is 0.338 e. The molecule has 0 saturated carbocycles. The Balaban J connectivity index is 2.37. The van der Waals surface area contributed by atoms with Crippen LogP contribution in [0.3, 0.4) is 0 Å². The van der Waals surface area contributed by atoms with Gasteiger partial charge >= 0.3 is 5.97 Å². The number of rotatable bonds is 2. The van der Waals surface area contributed by atoms with E-state index in [-0.39, 0.29) is 10.2 Å². The van der Waals surface area contributed by atoms with Crippen molar-refractivity contribution in [3.8, 4) is 0 Å². The van der Waals surface area contributed by atoms with E-state index in [1.54, 1.807) is 0 Å². The summed E-state index contributed by atoms with van der Waals surface area (Å²) in [5.41, 5.74) is 0.113. The van der Waals surface area contributed by atoms with Crippen molar-refractivity contribution in [1.29, 1.82) is 0 Å². The van der Waals surface area contributed by atoms with Crippen LogP contribution in [-0.2, 0) is 0 Å². The van der Waals surface area contributed by atoms with Gasteiger partial charge in [-0.25, -0.2) is 4.79 Å². The quantitative estimate of drug-likeness (QED) is 0.745. The zero-order valence-electron chi connectivity index (χ0n) is 8.06. The van der Waals surface area contributed by atoms with Crippen LogP contribution >= 0.6 is 12.2 Å². The summed E-state index contributed by atoms with van der Waals surface area (Å²) in [5, 5.41) is 15.5. The van der Waals surface area contributed by atoms with E-state index < -0.39 is 5.97 Å². The minimum Gasteiger partial charge on any atom is -0.478 e. The number of anilines is 1. The molecular weight excluding hydrogens is 214 g/mol. The molecule has 1 aliphatic rings. The number of nitrogens with zero attached hydrogens (tertiary/aromatic N) is 2. The maximum atomic E-state index is 10.9. The van der Waals surface area contributed by atoms with Crippen LogP contribution in [0.2, 0.25) is 0 Å². The molecular formula is C9H11N3O2S. The molecule has 1 aromatic heterocycles. The first-order valence-corrected chi connectivity index (χ1v) is 5.17. The lowest BCUT2D eigenvalue weighted by Crippen LogP contribution is -2.20. The van der Waals surface area contributed by atoms with E-state index in [0.717, 1.165) is 25.9 Å². The fourth-order valence-corrected chi connectivity index (χ4v) is 1.85. The molecule has 1 aromatic rings. The standard InChI is InChI=1S/C9H11N3O2S/c13-9(14)6-5-7(10-11-8(6)15)12-3-1-2-4-12/h5H,1-4H2,(H,11,15)(H,13,14). The van der Waals surface area contributed by atoms with Gasteiger partial charge in [0.1, 0.15) is 10.5 Å². The number of aromatic carboxylic acids is 1. The smallest absolute Gasteiger partial charge is 0.338 e. The van der Waals surface area contributed by atoms with Gasteiger partial charge < -0.3 is 10.0 Å². The maximum absolute atomic E-state index is 10.9. The average Bonchev–Trinajstić information content (AvgIpc) is 2.71. The molecule has 0 unspecified atom stereocenters. The van der Waals surface area contributed by atoms with Crippen molar-refractivity contribution in [3.63, 3.8) is 0 Å². The molecule has 2 N–H and O–H groups in total. The summed E-state index contributed by atoms with van der Waals surface area (Å²) in [5.74, 6) is -0.349. The summed E-state index contributed by atoms with van der Waals surface area (Å²) in [4.78, 5) is 12.9. The summed E-state index contributed by atoms with van der Waals surface area (Å²) < 4.78 is 0.172. The average molecular weight is 225 g/mol. The molecule has 0 radical (unpaired) electrons. The molecule has 80 valence electrons. The second kappa shape index (κ2) is 3.98. The van der Waals surface area contributed by atoms with Gasteiger partial charge in [0, 0.05) is 13.1 Å². The topological polar surface area (TPSA) is 69.2 Å². The molecule has 0 atom stereocenters. The van der Waals surface area contributed by atoms with Gasteiger partial charge in [-0.2, -0.15) is 5.10 Å². The summed E-state index contributed by atoms with van der Waals surface area (Å²) in [6, 6.07) is 1.53. The monoisotopic (exact) mass is 225 g/mol. The molecule has 0 spiro atoms. The van der Waals surface area contributed by atoms with E-state index >= 15 is 0 Å². The highest BCUT2D eigenvalue weighted by Gasteiger charge is 2.16. The summed E-state index contributed by atoms with van der Waals surface area (Å²) in [6.07, 6.45) is 2.25. The molecule has 15 heavy (non-hydrogen) atoms. The zero-order valence-corrected chi connectivity index (χ0v) is 8.88. The number of hydrogen-bond donors (Lipinski definition) is 2. The van der Waals surface area contributed by atoms with Gasteiger partial charge in [-0.3, -0.25) is 5.10 Å². The molecule has 0 bridgehead atoms. The second-order valence-corrected chi connectivity index (χ2v) is 3.88. The molecule has 1 saturated heterocycles. The predicted molar refractivity (Wildman–Crippen MR) is 57.8 cm³/mol. The van der Waals surface area contributed by atoms with Gasteiger partial charge in [-0.1, -0.05) is 12.2 Å². The number of carboxylic acid groups (broad SMARTS) is 1. The third-order valence-corrected chi connectivity index (χ3v) is 2.76. The number of carbonyl (C=O) groups is 1. The highest BCUT2D eigenvalue weighted by molar-refractivity contribution is 7.71. The van der Waals surface area contributed by atoms with Crippen LogP contribution in [0.1, 0.15) is 23.2 Å². The molecule has 2 rings (SSSR count). The van der Waals surface area contributed by atoms with Gasteiger partial charge in [0.2, 0.25) is 0 Å². The molecule has 5 nitrogen and oxygen atoms in total. The van der Waals surface area contributed by atoms with Crippen molar-refractivity contribution >= 4 is 24.0 Å². The Hall–Kier alpha value is -1.43. The van der Waals surface area contributed by atoms with Crippen LogP contribution in [0, 0.1) is 4.64 Å². The first-order chi connectivity index (χ1) is 7.18. The normalized spacial score (nSPS) is 15.6. The number of aromatic nitrogens is 2. The van der Waals surface area contributed by atoms with Crippen molar-refractivity contribution in [1.82, 2.24) is 10.2 Å². The minimum absolute atomic E-state index is 0.113. The van der Waals surface area contributed by atoms with E-state index in [4.69, 9.17) is 17.3 Å². The number of nitrogens with one attached hydrogen (secondary N) is 1. The first kappa shape index (κ1) is 10.1. The van der Waals surface area contributed by atoms with E-state index in [0.29, 0.717) is 5.82 Å². The van der Waals surface area contributed by atoms with Crippen molar-refractivity contribution in [2.45, 2.75) is 12.8 Å². The fourth-order valence-electron chi connectivity index (χ4n) is 1.66. The molecule has 0 aromatic carbocycles. The largest absolute Gasteiger partial charge is 0.478 e. The lowest BCUT2D eigenvalue weighted by atomic mass is 10.3. The molecule has 6 heteroatoms. The van der Waals surface area contributed by atoms with Crippen molar-refractivity contribution < 1.29 is 9.90 Å². The molecule has 0 amide bonds. The van der Waals surface area contributed by atoms with Crippen LogP contribution in [0.5, 0.6) is 0 Å². The lowest BCUT2D eigenvalue weighted by molar-refractivity contribution is 0.0695. The Morgan fingerprint density at radius 1 is 1.53 bits per heavy atom. The summed E-state index contributed by atoms with van der Waals surface area (Å²) >= 11 is 4.85. The minimum atomic E-state index is -1.01. The number of carboxylic acids is 1. The SMILES string of the molecule is O=C(O)c1cc(N2CCCC2)n[nH]c1=S. The Morgan fingerprint density at radius 2 is 2.20 bits per heavy atom. The Labute approximate surface area is 91.7 Å². The zero-order chi connectivity index (χ0) is 10.8. The molecule has 1 fully saturated rings. The molecule has 2 heterocycles. The van der Waals surface area contributed by atoms with Gasteiger partial charge in [-0.15, -0.1) is 0 Å². The van der Waals surface area contributed by atoms with Crippen molar-refractivity contribution in [3.05, 3.63) is 16.3 Å². The van der Waals surface area contributed by atoms with Gasteiger partial charge in [0.05, 0.1) is 5.56 Å². The van der Waals surface area contributed by atoms with Crippen molar-refractivity contribution in [2.75, 3.05) is 18.0 Å². The predicted octanol–water partition coefficient (Wildman–Crippen LogP) is 1.44. The van der Waals surface area contributed by atoms with E-state index in [1.165, 1.54) is 6.07 Å². The molecule has 0 aliphatic carbocycles. The summed E-state index contributed by atoms with van der Waals surface area (Å²) in [6.45, 7) is 1.85. The van der Waals surface area contributed by atoms with E-state index in [2.05, 4.69) is 15.1 Å². The number of H-pyrrole nitrogens is 1. The van der Waals surface area contributed by atoms with Crippen LogP contribution in [-0.4, -0.2) is 34.4 Å². The Morgan fingerprint density at radius 3 is 2.80 bits per heavy atom. The third kappa shape index (κ3) is 1.99. The Kier molecular flexibility index (Phi) is 2.68. The van der Waals surface area contributed by atoms with E-state index in [9.17, 15) is 4.79 Å². The van der Waals surface area contributed by atoms with Gasteiger partial charge in [0.15, 0.2) is 0 Å². The highest BCUT2D eigenvalue weighted by Crippen LogP contribution is 2.18. The molecule has 1 aliphatic heterocycles. The summed E-state index contributed by atoms with van der Waals surface area (Å²) in [7, 11) is 0. The Bertz CT molecular complexity index is 437. The first-order valence-electron chi connectivity index (χ1n) is 4.76. The van der Waals surface area contributed by atoms with Crippen molar-refractivity contribution in [2.24, 2.45) is 0 Å². The van der Waals surface area contributed by atoms with Gasteiger partial charge in [0.25, 0.3) is 0 Å². The number of aromatic amines is 1. The van der Waals surface area contributed by atoms with Crippen LogP contribution < -0.4 is 4.90 Å². The van der Waals surface area contributed by atoms with Gasteiger partial charge in [-0.05, 0) is 18.9 Å². The van der Waals surface area contributed by atoms with Crippen LogP contribution in [0.25, 0.3) is 0 Å². The lowest BCUT2D eigenvalue weighted by Gasteiger charge is -2.15. The fraction of sp³-hybridized carbons (Fsp3) is 0.444. The number of hydrogen-bond acceptors (Lipinski definition) is 4. The van der Waals surface area contributed by atoms with E-state index in [1.807, 2.05) is 0 Å². The van der Waals surface area contributed by atoms with Crippen LogP contribution in [0.15, 0.2) is 6.07 Å². The second-order valence-electron chi connectivity index (χ2n) is 3.47. The van der Waals surface area contributed by atoms with Crippen LogP contribution in [0.4, 0.5) is 5.82 Å². The third-order valence-electron chi connectivity index (χ3n) is 2.45. The highest BCUT2D eigenvalue weighted by atomic mass is 32.1.